The van der Waals surface area contributed by atoms with Crippen molar-refractivity contribution in [2.24, 2.45) is 0 Å². The molecule has 3 rings (SSSR count). The molecule has 1 atom stereocenters. The highest BCUT2D eigenvalue weighted by Gasteiger charge is 2.13. The third-order valence-corrected chi connectivity index (χ3v) is 3.74. The summed E-state index contributed by atoms with van der Waals surface area (Å²) in [7, 11) is 0. The summed E-state index contributed by atoms with van der Waals surface area (Å²) in [5, 5.41) is 2.84. The number of hydrogen-bond acceptors (Lipinski definition) is 2. The topological polar surface area (TPSA) is 38.3 Å². The summed E-state index contributed by atoms with van der Waals surface area (Å²) in [5.74, 6) is 6.22. The van der Waals surface area contributed by atoms with Crippen LogP contribution in [-0.2, 0) is 11.3 Å². The van der Waals surface area contributed by atoms with Crippen molar-refractivity contribution in [3.8, 4) is 11.8 Å². The molecule has 3 aromatic rings. The fourth-order valence-corrected chi connectivity index (χ4v) is 2.41. The van der Waals surface area contributed by atoms with Crippen molar-refractivity contribution in [1.29, 1.82) is 0 Å². The van der Waals surface area contributed by atoms with Crippen LogP contribution in [0, 0.1) is 11.8 Å². The zero-order chi connectivity index (χ0) is 18.0. The van der Waals surface area contributed by atoms with E-state index in [4.69, 9.17) is 4.74 Å². The summed E-state index contributed by atoms with van der Waals surface area (Å²) < 4.78 is 5.31. The second kappa shape index (κ2) is 9.10. The minimum absolute atomic E-state index is 0.223. The number of amides is 1. The minimum atomic E-state index is -0.495. The maximum absolute atomic E-state index is 12.2. The second-order valence-corrected chi connectivity index (χ2v) is 5.69. The number of hydrogen-bond donors (Lipinski definition) is 1. The molecule has 1 amide bonds. The van der Waals surface area contributed by atoms with Gasteiger partial charge in [0.1, 0.15) is 12.6 Å². The fraction of sp³-hybridized carbons (Fsp3) is 0.0870. The van der Waals surface area contributed by atoms with E-state index in [1.807, 2.05) is 91.0 Å². The van der Waals surface area contributed by atoms with Gasteiger partial charge < -0.3 is 10.1 Å². The maximum atomic E-state index is 12.2. The Labute approximate surface area is 153 Å². The predicted molar refractivity (Wildman–Crippen MR) is 102 cm³/mol. The van der Waals surface area contributed by atoms with Crippen molar-refractivity contribution in [1.82, 2.24) is 5.32 Å². The lowest BCUT2D eigenvalue weighted by atomic mass is 10.1. The van der Waals surface area contributed by atoms with Crippen molar-refractivity contribution >= 4 is 6.09 Å². The molecule has 0 saturated heterocycles. The first-order valence-electron chi connectivity index (χ1n) is 8.40. The van der Waals surface area contributed by atoms with Gasteiger partial charge in [0, 0.05) is 5.56 Å². The molecule has 1 N–H and O–H groups in total. The quantitative estimate of drug-likeness (QED) is 0.698. The zero-order valence-electron chi connectivity index (χ0n) is 14.3. The van der Waals surface area contributed by atoms with E-state index >= 15 is 0 Å². The average Bonchev–Trinajstić information content (AvgIpc) is 2.72. The molecule has 0 fully saturated rings. The fourth-order valence-electron chi connectivity index (χ4n) is 2.41. The summed E-state index contributed by atoms with van der Waals surface area (Å²) in [4.78, 5) is 12.2. The molecular weight excluding hydrogens is 322 g/mol. The highest BCUT2D eigenvalue weighted by Crippen LogP contribution is 2.12. The van der Waals surface area contributed by atoms with Gasteiger partial charge in [0.25, 0.3) is 0 Å². The Hall–Kier alpha value is -3.51. The van der Waals surface area contributed by atoms with Gasteiger partial charge in [-0.05, 0) is 23.3 Å². The van der Waals surface area contributed by atoms with Gasteiger partial charge in [-0.1, -0.05) is 90.7 Å². The molecule has 0 aliphatic rings. The van der Waals surface area contributed by atoms with Crippen molar-refractivity contribution in [3.63, 3.8) is 0 Å². The lowest BCUT2D eigenvalue weighted by Crippen LogP contribution is -2.28. The molecule has 3 nitrogen and oxygen atoms in total. The number of ether oxygens (including phenoxy) is 1. The van der Waals surface area contributed by atoms with Gasteiger partial charge in [0.05, 0.1) is 0 Å². The van der Waals surface area contributed by atoms with Gasteiger partial charge in [-0.25, -0.2) is 4.79 Å². The van der Waals surface area contributed by atoms with Crippen LogP contribution in [-0.4, -0.2) is 6.09 Å². The third-order valence-electron chi connectivity index (χ3n) is 3.74. The largest absolute Gasteiger partial charge is 0.445 e. The Balaban J connectivity index is 1.70. The Morgan fingerprint density at radius 2 is 1.42 bits per heavy atom. The molecule has 0 aromatic heterocycles. The Morgan fingerprint density at radius 3 is 2.08 bits per heavy atom. The molecular formula is C23H19NO2. The van der Waals surface area contributed by atoms with Crippen molar-refractivity contribution in [2.75, 3.05) is 0 Å². The summed E-state index contributed by atoms with van der Waals surface area (Å²) in [6.07, 6.45) is -0.495. The van der Waals surface area contributed by atoms with Crippen LogP contribution < -0.4 is 5.32 Å². The van der Waals surface area contributed by atoms with Crippen LogP contribution in [0.15, 0.2) is 91.0 Å². The predicted octanol–water partition coefficient (Wildman–Crippen LogP) is 4.71. The number of rotatable bonds is 4. The summed E-state index contributed by atoms with van der Waals surface area (Å²) in [6, 6.07) is 28.4. The van der Waals surface area contributed by atoms with Crippen molar-refractivity contribution in [3.05, 3.63) is 108 Å². The van der Waals surface area contributed by atoms with Gasteiger partial charge >= 0.3 is 6.09 Å². The first-order chi connectivity index (χ1) is 12.8. The number of carbonyl (C=O) groups excluding carboxylic acids is 1. The van der Waals surface area contributed by atoms with Gasteiger partial charge in [0.2, 0.25) is 0 Å². The molecule has 0 heterocycles. The van der Waals surface area contributed by atoms with Crippen LogP contribution in [0.1, 0.15) is 22.7 Å². The molecule has 0 radical (unpaired) electrons. The smallest absolute Gasteiger partial charge is 0.408 e. The molecule has 0 spiro atoms. The molecule has 0 saturated carbocycles. The lowest BCUT2D eigenvalue weighted by Gasteiger charge is -2.14. The van der Waals surface area contributed by atoms with Gasteiger partial charge in [-0.2, -0.15) is 0 Å². The number of carbonyl (C=O) groups is 1. The van der Waals surface area contributed by atoms with Crippen molar-refractivity contribution < 1.29 is 9.53 Å². The normalized spacial score (nSPS) is 10.9. The summed E-state index contributed by atoms with van der Waals surface area (Å²) >= 11 is 0. The molecule has 0 bridgehead atoms. The maximum Gasteiger partial charge on any atom is 0.408 e. The standard InChI is InChI=1S/C23H19NO2/c25-23(26-18-20-12-6-2-7-13-20)24-22(21-14-8-3-9-15-21)17-16-19-10-4-1-5-11-19/h1-15,22H,18H2,(H,24,25). The van der Waals surface area contributed by atoms with Gasteiger partial charge in [-0.15, -0.1) is 0 Å². The highest BCUT2D eigenvalue weighted by molar-refractivity contribution is 5.68. The van der Waals surface area contributed by atoms with E-state index in [9.17, 15) is 4.79 Å². The molecule has 128 valence electrons. The van der Waals surface area contributed by atoms with Crippen LogP contribution in [0.2, 0.25) is 0 Å². The van der Waals surface area contributed by atoms with Crippen LogP contribution in [0.3, 0.4) is 0 Å². The van der Waals surface area contributed by atoms with E-state index in [1.54, 1.807) is 0 Å². The summed E-state index contributed by atoms with van der Waals surface area (Å²) in [5.41, 5.74) is 2.75. The van der Waals surface area contributed by atoms with Crippen LogP contribution in [0.25, 0.3) is 0 Å². The van der Waals surface area contributed by atoms with E-state index in [2.05, 4.69) is 17.2 Å². The molecule has 0 aliphatic heterocycles. The molecule has 1 unspecified atom stereocenters. The monoisotopic (exact) mass is 341 g/mol. The van der Waals surface area contributed by atoms with E-state index in [0.717, 1.165) is 16.7 Å². The lowest BCUT2D eigenvalue weighted by molar-refractivity contribution is 0.138. The SMILES string of the molecule is O=C(NC(C#Cc1ccccc1)c1ccccc1)OCc1ccccc1. The van der Waals surface area contributed by atoms with E-state index in [0.29, 0.717) is 0 Å². The summed E-state index contributed by atoms with van der Waals surface area (Å²) in [6.45, 7) is 0.223. The minimum Gasteiger partial charge on any atom is -0.445 e. The molecule has 0 aliphatic carbocycles. The van der Waals surface area contributed by atoms with Crippen LogP contribution >= 0.6 is 0 Å². The highest BCUT2D eigenvalue weighted by atomic mass is 16.5. The molecule has 3 heteroatoms. The van der Waals surface area contributed by atoms with Crippen molar-refractivity contribution in [2.45, 2.75) is 12.6 Å². The Kier molecular flexibility index (Phi) is 6.06. The third kappa shape index (κ3) is 5.25. The van der Waals surface area contributed by atoms with Gasteiger partial charge in [-0.3, -0.25) is 0 Å². The Bertz CT molecular complexity index is 881. The number of nitrogens with one attached hydrogen (secondary N) is 1. The van der Waals surface area contributed by atoms with E-state index in [1.165, 1.54) is 0 Å². The first-order valence-corrected chi connectivity index (χ1v) is 8.40. The van der Waals surface area contributed by atoms with Gasteiger partial charge in [0.15, 0.2) is 0 Å². The van der Waals surface area contributed by atoms with E-state index in [-0.39, 0.29) is 6.61 Å². The molecule has 3 aromatic carbocycles. The number of alkyl carbamates (subject to hydrolysis) is 1. The zero-order valence-corrected chi connectivity index (χ0v) is 14.3. The van der Waals surface area contributed by atoms with E-state index < -0.39 is 12.1 Å². The number of benzene rings is 3. The van der Waals surface area contributed by atoms with Crippen LogP contribution in [0.5, 0.6) is 0 Å². The second-order valence-electron chi connectivity index (χ2n) is 5.69. The Morgan fingerprint density at radius 1 is 0.846 bits per heavy atom. The first kappa shape index (κ1) is 17.3. The molecule has 26 heavy (non-hydrogen) atoms. The average molecular weight is 341 g/mol. The van der Waals surface area contributed by atoms with Crippen LogP contribution in [0.4, 0.5) is 4.79 Å².